The smallest absolute Gasteiger partial charge is 0.226 e. The zero-order chi connectivity index (χ0) is 18.9. The molecule has 0 aliphatic rings. The fourth-order valence-corrected chi connectivity index (χ4v) is 2.71. The van der Waals surface area contributed by atoms with Crippen molar-refractivity contribution >= 4 is 28.9 Å². The Bertz CT molecular complexity index is 867. The van der Waals surface area contributed by atoms with Crippen LogP contribution in [0, 0.1) is 0 Å². The molecule has 0 saturated heterocycles. The molecule has 0 aromatic heterocycles. The van der Waals surface area contributed by atoms with Crippen LogP contribution in [-0.2, 0) is 11.4 Å². The topological polar surface area (TPSA) is 50.4 Å². The molecule has 1 amide bonds. The first kappa shape index (κ1) is 18.8. The summed E-state index contributed by atoms with van der Waals surface area (Å²) < 4.78 is 5.74. The number of halogens is 1. The Hall–Kier alpha value is -2.98. The van der Waals surface area contributed by atoms with E-state index in [2.05, 4.69) is 10.6 Å². The second-order valence-corrected chi connectivity index (χ2v) is 6.47. The van der Waals surface area contributed by atoms with E-state index in [9.17, 15) is 4.79 Å². The Morgan fingerprint density at radius 3 is 2.41 bits per heavy atom. The first-order valence-corrected chi connectivity index (χ1v) is 9.13. The molecule has 0 heterocycles. The van der Waals surface area contributed by atoms with Gasteiger partial charge >= 0.3 is 0 Å². The third kappa shape index (κ3) is 6.35. The van der Waals surface area contributed by atoms with Crippen molar-refractivity contribution in [3.63, 3.8) is 0 Å². The van der Waals surface area contributed by atoms with Gasteiger partial charge in [0.1, 0.15) is 12.4 Å². The zero-order valence-corrected chi connectivity index (χ0v) is 15.6. The highest BCUT2D eigenvalue weighted by Gasteiger charge is 2.03. The third-order valence-electron chi connectivity index (χ3n) is 3.89. The van der Waals surface area contributed by atoms with Gasteiger partial charge in [0.25, 0.3) is 0 Å². The van der Waals surface area contributed by atoms with Crippen molar-refractivity contribution < 1.29 is 9.53 Å². The number of hydrogen-bond acceptors (Lipinski definition) is 3. The molecule has 3 aromatic carbocycles. The van der Waals surface area contributed by atoms with Crippen molar-refractivity contribution in [2.24, 2.45) is 0 Å². The summed E-state index contributed by atoms with van der Waals surface area (Å²) in [5, 5.41) is 6.72. The van der Waals surface area contributed by atoms with Gasteiger partial charge < -0.3 is 15.4 Å². The fourth-order valence-electron chi connectivity index (χ4n) is 2.52. The van der Waals surface area contributed by atoms with Gasteiger partial charge in [-0.3, -0.25) is 4.79 Å². The molecule has 0 spiro atoms. The van der Waals surface area contributed by atoms with Crippen molar-refractivity contribution in [3.05, 3.63) is 89.4 Å². The fraction of sp³-hybridized carbons (Fsp3) is 0.136. The number of rotatable bonds is 8. The molecule has 0 saturated carbocycles. The highest BCUT2D eigenvalue weighted by molar-refractivity contribution is 6.30. The lowest BCUT2D eigenvalue weighted by Crippen LogP contribution is -2.16. The highest BCUT2D eigenvalue weighted by Crippen LogP contribution is 2.18. The van der Waals surface area contributed by atoms with Gasteiger partial charge in [0.2, 0.25) is 5.91 Å². The maximum atomic E-state index is 12.1. The minimum Gasteiger partial charge on any atom is -0.489 e. The van der Waals surface area contributed by atoms with Gasteiger partial charge in [-0.25, -0.2) is 0 Å². The molecule has 0 bridgehead atoms. The predicted octanol–water partition coefficient (Wildman–Crippen LogP) is 5.36. The van der Waals surface area contributed by atoms with E-state index < -0.39 is 0 Å². The van der Waals surface area contributed by atoms with Gasteiger partial charge in [0.15, 0.2) is 0 Å². The Kier molecular flexibility index (Phi) is 6.72. The van der Waals surface area contributed by atoms with Crippen molar-refractivity contribution in [2.75, 3.05) is 17.2 Å². The summed E-state index contributed by atoms with van der Waals surface area (Å²) in [6.45, 7) is 1.05. The quantitative estimate of drug-likeness (QED) is 0.553. The molecule has 5 heteroatoms. The van der Waals surface area contributed by atoms with Crippen LogP contribution in [0.3, 0.4) is 0 Å². The number of amides is 1. The Morgan fingerprint density at radius 1 is 0.889 bits per heavy atom. The monoisotopic (exact) mass is 380 g/mol. The Morgan fingerprint density at radius 2 is 1.67 bits per heavy atom. The molecular formula is C22H21ClN2O2. The van der Waals surface area contributed by atoms with Crippen molar-refractivity contribution in [1.82, 2.24) is 0 Å². The predicted molar refractivity (Wildman–Crippen MR) is 110 cm³/mol. The molecule has 3 aromatic rings. The van der Waals surface area contributed by atoms with Crippen LogP contribution in [0.5, 0.6) is 5.75 Å². The lowest BCUT2D eigenvalue weighted by Gasteiger charge is -2.09. The maximum absolute atomic E-state index is 12.1. The molecule has 0 unspecified atom stereocenters. The van der Waals surface area contributed by atoms with Gasteiger partial charge in [0, 0.05) is 29.4 Å². The van der Waals surface area contributed by atoms with Crippen molar-refractivity contribution in [3.8, 4) is 5.75 Å². The average molecular weight is 381 g/mol. The summed E-state index contributed by atoms with van der Waals surface area (Å²) >= 11 is 5.93. The van der Waals surface area contributed by atoms with Crippen LogP contribution >= 0.6 is 11.6 Å². The maximum Gasteiger partial charge on any atom is 0.226 e. The van der Waals surface area contributed by atoms with Crippen LogP contribution in [0.1, 0.15) is 12.0 Å². The molecular weight excluding hydrogens is 360 g/mol. The number of benzene rings is 3. The average Bonchev–Trinajstić information content (AvgIpc) is 2.68. The Balaban J connectivity index is 1.41. The molecule has 3 rings (SSSR count). The number of hydrogen-bond donors (Lipinski definition) is 2. The van der Waals surface area contributed by atoms with E-state index in [1.807, 2.05) is 78.9 Å². The summed E-state index contributed by atoms with van der Waals surface area (Å²) in [4.78, 5) is 12.1. The molecule has 0 aliphatic carbocycles. The lowest BCUT2D eigenvalue weighted by molar-refractivity contribution is -0.115. The van der Waals surface area contributed by atoms with Crippen molar-refractivity contribution in [2.45, 2.75) is 13.0 Å². The SMILES string of the molecule is O=C(CCNc1cccc(Cl)c1)Nc1ccc(OCc2ccccc2)cc1. The van der Waals surface area contributed by atoms with Gasteiger partial charge in [-0.15, -0.1) is 0 Å². The van der Waals surface area contributed by atoms with Crippen LogP contribution in [0.15, 0.2) is 78.9 Å². The highest BCUT2D eigenvalue weighted by atomic mass is 35.5. The molecule has 4 nitrogen and oxygen atoms in total. The number of carbonyl (C=O) groups excluding carboxylic acids is 1. The minimum atomic E-state index is -0.0533. The van der Waals surface area contributed by atoms with E-state index in [1.165, 1.54) is 0 Å². The summed E-state index contributed by atoms with van der Waals surface area (Å²) in [5.74, 6) is 0.710. The molecule has 27 heavy (non-hydrogen) atoms. The van der Waals surface area contributed by atoms with Gasteiger partial charge in [-0.1, -0.05) is 48.0 Å². The second-order valence-electron chi connectivity index (χ2n) is 6.03. The lowest BCUT2D eigenvalue weighted by atomic mass is 10.2. The van der Waals surface area contributed by atoms with Crippen LogP contribution < -0.4 is 15.4 Å². The number of nitrogens with one attached hydrogen (secondary N) is 2. The van der Waals surface area contributed by atoms with E-state index in [1.54, 1.807) is 0 Å². The van der Waals surface area contributed by atoms with Gasteiger partial charge in [-0.05, 0) is 48.0 Å². The van der Waals surface area contributed by atoms with Crippen LogP contribution in [-0.4, -0.2) is 12.5 Å². The molecule has 0 aliphatic heterocycles. The van der Waals surface area contributed by atoms with Gasteiger partial charge in [-0.2, -0.15) is 0 Å². The Labute approximate surface area is 164 Å². The van der Waals surface area contributed by atoms with E-state index in [0.717, 1.165) is 22.7 Å². The first-order chi connectivity index (χ1) is 13.2. The van der Waals surface area contributed by atoms with E-state index >= 15 is 0 Å². The standard InChI is InChI=1S/C22H21ClN2O2/c23-18-7-4-8-20(15-18)24-14-13-22(26)25-19-9-11-21(12-10-19)27-16-17-5-2-1-3-6-17/h1-12,15,24H,13-14,16H2,(H,25,26). The van der Waals surface area contributed by atoms with Crippen LogP contribution in [0.2, 0.25) is 5.02 Å². The third-order valence-corrected chi connectivity index (χ3v) is 4.13. The van der Waals surface area contributed by atoms with E-state index in [-0.39, 0.29) is 5.91 Å². The number of carbonyl (C=O) groups is 1. The van der Waals surface area contributed by atoms with E-state index in [4.69, 9.17) is 16.3 Å². The molecule has 0 atom stereocenters. The normalized spacial score (nSPS) is 10.3. The van der Waals surface area contributed by atoms with Gasteiger partial charge in [0.05, 0.1) is 0 Å². The molecule has 0 radical (unpaired) electrons. The number of ether oxygens (including phenoxy) is 1. The molecule has 0 fully saturated rings. The summed E-state index contributed by atoms with van der Waals surface area (Å²) in [7, 11) is 0. The zero-order valence-electron chi connectivity index (χ0n) is 14.8. The molecule has 138 valence electrons. The minimum absolute atomic E-state index is 0.0533. The number of anilines is 2. The summed E-state index contributed by atoms with van der Waals surface area (Å²) in [5.41, 5.74) is 2.76. The van der Waals surface area contributed by atoms with Crippen LogP contribution in [0.4, 0.5) is 11.4 Å². The first-order valence-electron chi connectivity index (χ1n) is 8.75. The van der Waals surface area contributed by atoms with Crippen molar-refractivity contribution in [1.29, 1.82) is 0 Å². The second kappa shape index (κ2) is 9.64. The van der Waals surface area contributed by atoms with Crippen LogP contribution in [0.25, 0.3) is 0 Å². The largest absolute Gasteiger partial charge is 0.489 e. The summed E-state index contributed by atoms with van der Waals surface area (Å²) in [6.07, 6.45) is 0.360. The molecule has 2 N–H and O–H groups in total. The summed E-state index contributed by atoms with van der Waals surface area (Å²) in [6, 6.07) is 24.8. The van der Waals surface area contributed by atoms with E-state index in [0.29, 0.717) is 24.6 Å².